The van der Waals surface area contributed by atoms with Crippen molar-refractivity contribution in [2.45, 2.75) is 32.6 Å². The summed E-state index contributed by atoms with van der Waals surface area (Å²) in [7, 11) is 0. The Labute approximate surface area is 120 Å². The maximum atomic E-state index is 11.6. The fourth-order valence-corrected chi connectivity index (χ4v) is 1.97. The van der Waals surface area contributed by atoms with E-state index in [0.29, 0.717) is 13.0 Å². The molecule has 1 aromatic carbocycles. The molecule has 0 bridgehead atoms. The predicted molar refractivity (Wildman–Crippen MR) is 80.6 cm³/mol. The van der Waals surface area contributed by atoms with Gasteiger partial charge in [-0.1, -0.05) is 37.1 Å². The highest BCUT2D eigenvalue weighted by atomic mass is 35.5. The molecule has 3 nitrogen and oxygen atoms in total. The van der Waals surface area contributed by atoms with E-state index in [-0.39, 0.29) is 5.91 Å². The van der Waals surface area contributed by atoms with Gasteiger partial charge in [0.05, 0.1) is 0 Å². The zero-order valence-corrected chi connectivity index (χ0v) is 12.3. The molecule has 0 aliphatic heterocycles. The second-order valence-electron chi connectivity index (χ2n) is 4.58. The largest absolute Gasteiger partial charge is 0.356 e. The van der Waals surface area contributed by atoms with E-state index in [1.54, 1.807) is 0 Å². The molecule has 0 unspecified atom stereocenters. The molecule has 0 fully saturated rings. The maximum Gasteiger partial charge on any atom is 0.221 e. The van der Waals surface area contributed by atoms with Gasteiger partial charge in [0.25, 0.3) is 0 Å². The quantitative estimate of drug-likeness (QED) is 0.684. The standard InChI is InChI=1S/C15H23ClN2O/c1-2-3-9-17-10-8-15(19)18-11-7-13-5-4-6-14(16)12-13/h4-6,12,17H,2-3,7-11H2,1H3,(H,18,19). The van der Waals surface area contributed by atoms with Gasteiger partial charge in [-0.15, -0.1) is 0 Å². The Bertz CT molecular complexity index is 382. The fourth-order valence-electron chi connectivity index (χ4n) is 1.76. The number of unbranched alkanes of at least 4 members (excludes halogenated alkanes) is 1. The van der Waals surface area contributed by atoms with E-state index in [1.807, 2.05) is 24.3 Å². The van der Waals surface area contributed by atoms with Crippen LogP contribution in [0.2, 0.25) is 5.02 Å². The Morgan fingerprint density at radius 3 is 2.84 bits per heavy atom. The number of carbonyl (C=O) groups is 1. The van der Waals surface area contributed by atoms with Crippen LogP contribution in [0, 0.1) is 0 Å². The third-order valence-corrected chi connectivity index (χ3v) is 3.10. The molecule has 1 amide bonds. The van der Waals surface area contributed by atoms with Crippen molar-refractivity contribution in [1.82, 2.24) is 10.6 Å². The number of nitrogens with one attached hydrogen (secondary N) is 2. The van der Waals surface area contributed by atoms with E-state index in [1.165, 1.54) is 6.42 Å². The predicted octanol–water partition coefficient (Wildman–Crippen LogP) is 2.78. The van der Waals surface area contributed by atoms with Crippen LogP contribution in [0.5, 0.6) is 0 Å². The zero-order valence-electron chi connectivity index (χ0n) is 11.5. The van der Waals surface area contributed by atoms with Gasteiger partial charge in [0, 0.05) is 24.5 Å². The van der Waals surface area contributed by atoms with Crippen molar-refractivity contribution < 1.29 is 4.79 Å². The molecule has 0 spiro atoms. The first-order valence-corrected chi connectivity index (χ1v) is 7.32. The molecule has 0 radical (unpaired) electrons. The highest BCUT2D eigenvalue weighted by Gasteiger charge is 2.00. The van der Waals surface area contributed by atoms with Gasteiger partial charge in [-0.25, -0.2) is 0 Å². The zero-order chi connectivity index (χ0) is 13.9. The summed E-state index contributed by atoms with van der Waals surface area (Å²) in [6, 6.07) is 7.73. The molecule has 1 rings (SSSR count). The highest BCUT2D eigenvalue weighted by Crippen LogP contribution is 2.10. The first-order valence-electron chi connectivity index (χ1n) is 6.94. The molecule has 0 atom stereocenters. The molecule has 1 aromatic rings. The van der Waals surface area contributed by atoms with E-state index < -0.39 is 0 Å². The van der Waals surface area contributed by atoms with Gasteiger partial charge in [0.2, 0.25) is 5.91 Å². The van der Waals surface area contributed by atoms with Crippen LogP contribution < -0.4 is 10.6 Å². The average molecular weight is 283 g/mol. The van der Waals surface area contributed by atoms with Gasteiger partial charge in [-0.3, -0.25) is 4.79 Å². The minimum atomic E-state index is 0.103. The van der Waals surface area contributed by atoms with Crippen molar-refractivity contribution in [1.29, 1.82) is 0 Å². The van der Waals surface area contributed by atoms with E-state index in [0.717, 1.165) is 36.5 Å². The summed E-state index contributed by atoms with van der Waals surface area (Å²) >= 11 is 5.90. The van der Waals surface area contributed by atoms with E-state index in [9.17, 15) is 4.79 Å². The minimum Gasteiger partial charge on any atom is -0.356 e. The van der Waals surface area contributed by atoms with Gasteiger partial charge >= 0.3 is 0 Å². The van der Waals surface area contributed by atoms with Crippen LogP contribution in [0.15, 0.2) is 24.3 Å². The monoisotopic (exact) mass is 282 g/mol. The Morgan fingerprint density at radius 1 is 1.26 bits per heavy atom. The molecule has 106 valence electrons. The Balaban J connectivity index is 2.07. The summed E-state index contributed by atoms with van der Waals surface area (Å²) < 4.78 is 0. The van der Waals surface area contributed by atoms with Crippen LogP contribution in [-0.2, 0) is 11.2 Å². The third kappa shape index (κ3) is 7.85. The van der Waals surface area contributed by atoms with Gasteiger partial charge < -0.3 is 10.6 Å². The molecular formula is C15H23ClN2O. The lowest BCUT2D eigenvalue weighted by molar-refractivity contribution is -0.120. The lowest BCUT2D eigenvalue weighted by Gasteiger charge is -2.06. The summed E-state index contributed by atoms with van der Waals surface area (Å²) in [6.07, 6.45) is 3.70. The lowest BCUT2D eigenvalue weighted by Crippen LogP contribution is -2.29. The first-order chi connectivity index (χ1) is 9.22. The Morgan fingerprint density at radius 2 is 2.11 bits per heavy atom. The summed E-state index contributed by atoms with van der Waals surface area (Å²) in [5, 5.41) is 6.91. The van der Waals surface area contributed by atoms with Crippen molar-refractivity contribution in [2.75, 3.05) is 19.6 Å². The molecule has 0 aliphatic carbocycles. The molecule has 0 aromatic heterocycles. The first kappa shape index (κ1) is 16.0. The normalized spacial score (nSPS) is 10.4. The number of rotatable bonds is 9. The fraction of sp³-hybridized carbons (Fsp3) is 0.533. The summed E-state index contributed by atoms with van der Waals surface area (Å²) in [4.78, 5) is 11.6. The molecule has 0 saturated heterocycles. The van der Waals surface area contributed by atoms with Gasteiger partial charge in [0.1, 0.15) is 0 Å². The van der Waals surface area contributed by atoms with Crippen LogP contribution in [0.3, 0.4) is 0 Å². The van der Waals surface area contributed by atoms with E-state index >= 15 is 0 Å². The van der Waals surface area contributed by atoms with Crippen molar-refractivity contribution in [3.8, 4) is 0 Å². The second-order valence-corrected chi connectivity index (χ2v) is 5.02. The smallest absolute Gasteiger partial charge is 0.221 e. The van der Waals surface area contributed by atoms with Crippen molar-refractivity contribution >= 4 is 17.5 Å². The van der Waals surface area contributed by atoms with Gasteiger partial charge in [0.15, 0.2) is 0 Å². The van der Waals surface area contributed by atoms with Crippen molar-refractivity contribution in [3.63, 3.8) is 0 Å². The number of benzene rings is 1. The SMILES string of the molecule is CCCCNCCC(=O)NCCc1cccc(Cl)c1. The lowest BCUT2D eigenvalue weighted by atomic mass is 10.1. The number of amides is 1. The van der Waals surface area contributed by atoms with E-state index in [2.05, 4.69) is 17.6 Å². The minimum absolute atomic E-state index is 0.103. The van der Waals surface area contributed by atoms with Gasteiger partial charge in [-0.2, -0.15) is 0 Å². The molecule has 4 heteroatoms. The van der Waals surface area contributed by atoms with Crippen molar-refractivity contribution in [3.05, 3.63) is 34.9 Å². The van der Waals surface area contributed by atoms with Crippen LogP contribution in [0.25, 0.3) is 0 Å². The maximum absolute atomic E-state index is 11.6. The summed E-state index contributed by atoms with van der Waals surface area (Å²) in [5.41, 5.74) is 1.15. The molecular weight excluding hydrogens is 260 g/mol. The third-order valence-electron chi connectivity index (χ3n) is 2.86. The van der Waals surface area contributed by atoms with E-state index in [4.69, 9.17) is 11.6 Å². The average Bonchev–Trinajstić information content (AvgIpc) is 2.38. The Kier molecular flexibility index (Phi) is 8.26. The molecule has 0 heterocycles. The number of hydrogen-bond acceptors (Lipinski definition) is 2. The summed E-state index contributed by atoms with van der Waals surface area (Å²) in [6.45, 7) is 4.56. The summed E-state index contributed by atoms with van der Waals surface area (Å²) in [5.74, 6) is 0.103. The van der Waals surface area contributed by atoms with Crippen LogP contribution in [0.1, 0.15) is 31.7 Å². The highest BCUT2D eigenvalue weighted by molar-refractivity contribution is 6.30. The van der Waals surface area contributed by atoms with Gasteiger partial charge in [-0.05, 0) is 37.1 Å². The molecule has 2 N–H and O–H groups in total. The molecule has 0 saturated carbocycles. The molecule has 19 heavy (non-hydrogen) atoms. The van der Waals surface area contributed by atoms with Crippen LogP contribution >= 0.6 is 11.6 Å². The number of halogens is 1. The van der Waals surface area contributed by atoms with Crippen molar-refractivity contribution in [2.24, 2.45) is 0 Å². The topological polar surface area (TPSA) is 41.1 Å². The molecule has 0 aliphatic rings. The number of carbonyl (C=O) groups excluding carboxylic acids is 1. The second kappa shape index (κ2) is 9.82. The Hall–Kier alpha value is -1.06. The van der Waals surface area contributed by atoms with Crippen LogP contribution in [-0.4, -0.2) is 25.5 Å². The van der Waals surface area contributed by atoms with Crippen LogP contribution in [0.4, 0.5) is 0 Å². The number of hydrogen-bond donors (Lipinski definition) is 2.